The predicted molar refractivity (Wildman–Crippen MR) is 56.7 cm³/mol. The number of terminal acetylenes is 1. The van der Waals surface area contributed by atoms with Crippen molar-refractivity contribution < 1.29 is 0 Å². The van der Waals surface area contributed by atoms with E-state index in [1.54, 1.807) is 0 Å². The van der Waals surface area contributed by atoms with Crippen LogP contribution in [0.1, 0.15) is 11.1 Å². The minimum Gasteiger partial charge on any atom is -0.302 e. The second-order valence-electron chi connectivity index (χ2n) is 2.94. The van der Waals surface area contributed by atoms with Crippen molar-refractivity contribution in [3.05, 3.63) is 34.3 Å². The van der Waals surface area contributed by atoms with Gasteiger partial charge in [0.05, 0.1) is 6.54 Å². The van der Waals surface area contributed by atoms with Gasteiger partial charge in [-0.05, 0) is 30.2 Å². The van der Waals surface area contributed by atoms with Gasteiger partial charge < -0.3 is 5.32 Å². The first-order chi connectivity index (χ1) is 6.22. The Labute approximate surface area is 84.1 Å². The lowest BCUT2D eigenvalue weighted by atomic mass is 10.1. The summed E-state index contributed by atoms with van der Waals surface area (Å²) >= 11 is 5.89. The van der Waals surface area contributed by atoms with Crippen LogP contribution in [0.4, 0.5) is 0 Å². The molecular weight excluding hydrogens is 182 g/mol. The maximum atomic E-state index is 5.89. The zero-order chi connectivity index (χ0) is 9.68. The van der Waals surface area contributed by atoms with Crippen LogP contribution in [0.25, 0.3) is 0 Å². The molecule has 0 radical (unpaired) electrons. The lowest BCUT2D eigenvalue weighted by Crippen LogP contribution is -2.12. The summed E-state index contributed by atoms with van der Waals surface area (Å²) in [5.41, 5.74) is 2.34. The topological polar surface area (TPSA) is 12.0 Å². The molecule has 0 aliphatic heterocycles. The number of hydrogen-bond donors (Lipinski definition) is 1. The van der Waals surface area contributed by atoms with Crippen LogP contribution in [-0.2, 0) is 6.54 Å². The van der Waals surface area contributed by atoms with Crippen LogP contribution < -0.4 is 5.32 Å². The normalized spacial score (nSPS) is 9.62. The molecule has 1 N–H and O–H groups in total. The van der Waals surface area contributed by atoms with Crippen LogP contribution in [0.5, 0.6) is 0 Å². The van der Waals surface area contributed by atoms with Crippen molar-refractivity contribution in [2.45, 2.75) is 13.5 Å². The summed E-state index contributed by atoms with van der Waals surface area (Å²) in [7, 11) is 0. The van der Waals surface area contributed by atoms with E-state index in [1.807, 2.05) is 19.1 Å². The fourth-order valence-corrected chi connectivity index (χ4v) is 1.51. The molecule has 0 aromatic heterocycles. The minimum absolute atomic E-state index is 0.589. The first kappa shape index (κ1) is 10.1. The molecule has 0 fully saturated rings. The SMILES string of the molecule is C#CCNCc1cc(C)cc(Cl)c1. The van der Waals surface area contributed by atoms with Gasteiger partial charge in [-0.3, -0.25) is 0 Å². The van der Waals surface area contributed by atoms with E-state index in [9.17, 15) is 0 Å². The molecule has 1 nitrogen and oxygen atoms in total. The Bertz CT molecular complexity index is 305. The average molecular weight is 194 g/mol. The molecule has 0 saturated heterocycles. The smallest absolute Gasteiger partial charge is 0.0576 e. The molecule has 0 amide bonds. The summed E-state index contributed by atoms with van der Waals surface area (Å²) in [5.74, 6) is 2.52. The van der Waals surface area contributed by atoms with Gasteiger partial charge in [-0.25, -0.2) is 0 Å². The van der Waals surface area contributed by atoms with E-state index in [1.165, 1.54) is 11.1 Å². The first-order valence-electron chi connectivity index (χ1n) is 4.12. The zero-order valence-electron chi connectivity index (χ0n) is 7.60. The highest BCUT2D eigenvalue weighted by Gasteiger charge is 1.95. The highest BCUT2D eigenvalue weighted by molar-refractivity contribution is 6.30. The zero-order valence-corrected chi connectivity index (χ0v) is 8.36. The van der Waals surface area contributed by atoms with Gasteiger partial charge >= 0.3 is 0 Å². The van der Waals surface area contributed by atoms with Gasteiger partial charge in [-0.2, -0.15) is 0 Å². The van der Waals surface area contributed by atoms with Gasteiger partial charge in [0.15, 0.2) is 0 Å². The van der Waals surface area contributed by atoms with Gasteiger partial charge in [-0.15, -0.1) is 6.42 Å². The van der Waals surface area contributed by atoms with E-state index in [2.05, 4.69) is 17.3 Å². The van der Waals surface area contributed by atoms with Gasteiger partial charge in [0.25, 0.3) is 0 Å². The molecule has 0 spiro atoms. The van der Waals surface area contributed by atoms with Crippen molar-refractivity contribution in [2.24, 2.45) is 0 Å². The van der Waals surface area contributed by atoms with Crippen LogP contribution in [0.2, 0.25) is 5.02 Å². The Morgan fingerprint density at radius 2 is 2.23 bits per heavy atom. The van der Waals surface area contributed by atoms with Crippen molar-refractivity contribution in [1.82, 2.24) is 5.32 Å². The molecule has 13 heavy (non-hydrogen) atoms. The fraction of sp³-hybridized carbons (Fsp3) is 0.273. The van der Waals surface area contributed by atoms with Crippen molar-refractivity contribution in [3.63, 3.8) is 0 Å². The molecule has 0 heterocycles. The highest BCUT2D eigenvalue weighted by Crippen LogP contribution is 2.14. The summed E-state index contributed by atoms with van der Waals surface area (Å²) in [6.07, 6.45) is 5.11. The summed E-state index contributed by atoms with van der Waals surface area (Å²) in [6.45, 7) is 3.38. The molecule has 1 rings (SSSR count). The Morgan fingerprint density at radius 1 is 1.46 bits per heavy atom. The minimum atomic E-state index is 0.589. The van der Waals surface area contributed by atoms with Crippen LogP contribution in [0.3, 0.4) is 0 Å². The fourth-order valence-electron chi connectivity index (χ4n) is 1.19. The number of aryl methyl sites for hydroxylation is 1. The molecule has 0 atom stereocenters. The summed E-state index contributed by atoms with van der Waals surface area (Å²) in [6, 6.07) is 5.97. The molecule has 1 aromatic carbocycles. The van der Waals surface area contributed by atoms with Gasteiger partial charge in [0.2, 0.25) is 0 Å². The molecular formula is C11H12ClN. The lowest BCUT2D eigenvalue weighted by molar-refractivity contribution is 0.770. The summed E-state index contributed by atoms with van der Waals surface area (Å²) < 4.78 is 0. The van der Waals surface area contributed by atoms with Crippen LogP contribution in [-0.4, -0.2) is 6.54 Å². The Morgan fingerprint density at radius 3 is 2.85 bits per heavy atom. The van der Waals surface area contributed by atoms with E-state index in [-0.39, 0.29) is 0 Å². The van der Waals surface area contributed by atoms with E-state index in [0.717, 1.165) is 11.6 Å². The third kappa shape index (κ3) is 3.50. The third-order valence-corrected chi connectivity index (χ3v) is 1.88. The molecule has 0 aliphatic rings. The van der Waals surface area contributed by atoms with E-state index >= 15 is 0 Å². The second-order valence-corrected chi connectivity index (χ2v) is 3.38. The Hall–Kier alpha value is -0.970. The molecule has 0 bridgehead atoms. The monoisotopic (exact) mass is 193 g/mol. The second kappa shape index (κ2) is 4.91. The summed E-state index contributed by atoms with van der Waals surface area (Å²) in [4.78, 5) is 0. The maximum absolute atomic E-state index is 5.89. The maximum Gasteiger partial charge on any atom is 0.0576 e. The molecule has 1 aromatic rings. The van der Waals surface area contributed by atoms with Gasteiger partial charge in [-0.1, -0.05) is 23.6 Å². The van der Waals surface area contributed by atoms with E-state index in [4.69, 9.17) is 18.0 Å². The third-order valence-electron chi connectivity index (χ3n) is 1.66. The molecule has 0 unspecified atom stereocenters. The number of benzene rings is 1. The number of hydrogen-bond acceptors (Lipinski definition) is 1. The van der Waals surface area contributed by atoms with E-state index in [0.29, 0.717) is 6.54 Å². The molecule has 2 heteroatoms. The quantitative estimate of drug-likeness (QED) is 0.574. The largest absolute Gasteiger partial charge is 0.302 e. The van der Waals surface area contributed by atoms with Gasteiger partial charge in [0, 0.05) is 11.6 Å². The van der Waals surface area contributed by atoms with Crippen molar-refractivity contribution >= 4 is 11.6 Å². The standard InChI is InChI=1S/C11H12ClN/c1-3-4-13-8-10-5-9(2)6-11(12)7-10/h1,5-7,13H,4,8H2,2H3. The molecule has 68 valence electrons. The highest BCUT2D eigenvalue weighted by atomic mass is 35.5. The van der Waals surface area contributed by atoms with E-state index < -0.39 is 0 Å². The van der Waals surface area contributed by atoms with Crippen LogP contribution in [0.15, 0.2) is 18.2 Å². The summed E-state index contributed by atoms with van der Waals surface area (Å²) in [5, 5.41) is 3.89. The number of halogens is 1. The lowest BCUT2D eigenvalue weighted by Gasteiger charge is -2.03. The predicted octanol–water partition coefficient (Wildman–Crippen LogP) is 2.37. The van der Waals surface area contributed by atoms with Crippen molar-refractivity contribution in [1.29, 1.82) is 0 Å². The molecule has 0 aliphatic carbocycles. The van der Waals surface area contributed by atoms with Crippen LogP contribution >= 0.6 is 11.6 Å². The number of nitrogens with one attached hydrogen (secondary N) is 1. The Kier molecular flexibility index (Phi) is 3.82. The average Bonchev–Trinajstić information content (AvgIpc) is 2.03. The van der Waals surface area contributed by atoms with Crippen LogP contribution in [0, 0.1) is 19.3 Å². The first-order valence-corrected chi connectivity index (χ1v) is 4.50. The molecule has 0 saturated carbocycles. The van der Waals surface area contributed by atoms with Crippen molar-refractivity contribution in [3.8, 4) is 12.3 Å². The number of rotatable bonds is 3. The Balaban J connectivity index is 2.62. The van der Waals surface area contributed by atoms with Gasteiger partial charge in [0.1, 0.15) is 0 Å². The van der Waals surface area contributed by atoms with Crippen molar-refractivity contribution in [2.75, 3.05) is 6.54 Å².